The van der Waals surface area contributed by atoms with Crippen LogP contribution in [0.2, 0.25) is 5.02 Å². The van der Waals surface area contributed by atoms with Crippen LogP contribution in [-0.2, 0) is 0 Å². The minimum atomic E-state index is -0.451. The van der Waals surface area contributed by atoms with Gasteiger partial charge in [-0.1, -0.05) is 23.7 Å². The molecule has 0 saturated carbocycles. The fourth-order valence-electron chi connectivity index (χ4n) is 2.85. The Bertz CT molecular complexity index is 1060. The summed E-state index contributed by atoms with van der Waals surface area (Å²) in [4.78, 5) is 17.0. The van der Waals surface area contributed by atoms with E-state index in [-0.39, 0.29) is 17.1 Å². The van der Waals surface area contributed by atoms with Crippen molar-refractivity contribution in [2.24, 2.45) is 0 Å². The van der Waals surface area contributed by atoms with E-state index in [1.54, 1.807) is 42.5 Å². The van der Waals surface area contributed by atoms with Gasteiger partial charge in [0, 0.05) is 24.8 Å². The lowest BCUT2D eigenvalue weighted by Crippen LogP contribution is -2.15. The molecule has 0 unspecified atom stereocenters. The third-order valence-corrected chi connectivity index (χ3v) is 4.58. The van der Waals surface area contributed by atoms with Crippen LogP contribution in [0.25, 0.3) is 0 Å². The molecule has 2 N–H and O–H groups in total. The van der Waals surface area contributed by atoms with Gasteiger partial charge in [-0.2, -0.15) is 0 Å². The molecule has 8 heteroatoms. The van der Waals surface area contributed by atoms with E-state index in [0.717, 1.165) is 6.42 Å². The first-order valence-electron chi connectivity index (χ1n) is 8.99. The molecule has 2 aromatic carbocycles. The van der Waals surface area contributed by atoms with Crippen LogP contribution >= 0.6 is 11.6 Å². The van der Waals surface area contributed by atoms with Gasteiger partial charge in [-0.3, -0.25) is 4.79 Å². The summed E-state index contributed by atoms with van der Waals surface area (Å²) in [5.41, 5.74) is 0.828. The SMILES string of the molecule is O=C(Nc1cc2c(cc1Cl)OCCCO2)c1cccnc1Nc1ccccc1F. The molecule has 0 bridgehead atoms. The Kier molecular flexibility index (Phi) is 5.48. The van der Waals surface area contributed by atoms with Gasteiger partial charge in [0.25, 0.3) is 5.91 Å². The standard InChI is InChI=1S/C21H17ClFN3O3/c22-14-11-18-19(29-10-4-9-28-18)12-17(14)26-21(27)13-5-3-8-24-20(13)25-16-7-2-1-6-15(16)23/h1-3,5-8,11-12H,4,9-10H2,(H,24,25)(H,26,27). The van der Waals surface area contributed by atoms with E-state index in [1.165, 1.54) is 12.3 Å². The van der Waals surface area contributed by atoms with Crippen LogP contribution in [0.15, 0.2) is 54.7 Å². The largest absolute Gasteiger partial charge is 0.490 e. The predicted octanol–water partition coefficient (Wildman–Crippen LogP) is 5.03. The number of benzene rings is 2. The molecule has 0 aliphatic carbocycles. The van der Waals surface area contributed by atoms with E-state index in [1.807, 2.05) is 0 Å². The second kappa shape index (κ2) is 8.36. The fourth-order valence-corrected chi connectivity index (χ4v) is 3.05. The van der Waals surface area contributed by atoms with Gasteiger partial charge in [0.2, 0.25) is 0 Å². The number of para-hydroxylation sites is 1. The molecule has 1 aliphatic rings. The Hall–Kier alpha value is -3.32. The number of nitrogens with zero attached hydrogens (tertiary/aromatic N) is 1. The van der Waals surface area contributed by atoms with E-state index in [2.05, 4.69) is 15.6 Å². The molecule has 4 rings (SSSR count). The molecule has 3 aromatic rings. The van der Waals surface area contributed by atoms with Crippen molar-refractivity contribution >= 4 is 34.7 Å². The van der Waals surface area contributed by atoms with Crippen molar-refractivity contribution in [2.75, 3.05) is 23.8 Å². The highest BCUT2D eigenvalue weighted by atomic mass is 35.5. The van der Waals surface area contributed by atoms with Crippen molar-refractivity contribution in [3.05, 3.63) is 71.1 Å². The number of aromatic nitrogens is 1. The maximum Gasteiger partial charge on any atom is 0.259 e. The average Bonchev–Trinajstić information content (AvgIpc) is 2.95. The summed E-state index contributed by atoms with van der Waals surface area (Å²) in [6.07, 6.45) is 2.27. The lowest BCUT2D eigenvalue weighted by molar-refractivity contribution is 0.102. The number of amides is 1. The number of hydrogen-bond acceptors (Lipinski definition) is 5. The van der Waals surface area contributed by atoms with Crippen LogP contribution < -0.4 is 20.1 Å². The lowest BCUT2D eigenvalue weighted by atomic mass is 10.2. The average molecular weight is 414 g/mol. The van der Waals surface area contributed by atoms with Gasteiger partial charge in [0.1, 0.15) is 11.6 Å². The van der Waals surface area contributed by atoms with Crippen LogP contribution in [0, 0.1) is 5.82 Å². The zero-order valence-electron chi connectivity index (χ0n) is 15.2. The Balaban J connectivity index is 1.60. The van der Waals surface area contributed by atoms with E-state index in [0.29, 0.717) is 35.4 Å². The van der Waals surface area contributed by atoms with Crippen LogP contribution in [0.4, 0.5) is 21.6 Å². The van der Waals surface area contributed by atoms with Crippen molar-refractivity contribution in [2.45, 2.75) is 6.42 Å². The van der Waals surface area contributed by atoms with Crippen LogP contribution in [-0.4, -0.2) is 24.1 Å². The number of carbonyl (C=O) groups excluding carboxylic acids is 1. The number of nitrogens with one attached hydrogen (secondary N) is 2. The number of ether oxygens (including phenoxy) is 2. The summed E-state index contributed by atoms with van der Waals surface area (Å²) in [7, 11) is 0. The van der Waals surface area contributed by atoms with Gasteiger partial charge >= 0.3 is 0 Å². The molecule has 0 fully saturated rings. The number of anilines is 3. The number of halogens is 2. The zero-order valence-corrected chi connectivity index (χ0v) is 16.0. The molecule has 0 spiro atoms. The first kappa shape index (κ1) is 19.0. The van der Waals surface area contributed by atoms with Crippen LogP contribution in [0.5, 0.6) is 11.5 Å². The summed E-state index contributed by atoms with van der Waals surface area (Å²) in [6, 6.07) is 12.6. The summed E-state index contributed by atoms with van der Waals surface area (Å²) in [6.45, 7) is 1.05. The van der Waals surface area contributed by atoms with E-state index < -0.39 is 11.7 Å². The molecular formula is C21H17ClFN3O3. The monoisotopic (exact) mass is 413 g/mol. The highest BCUT2D eigenvalue weighted by Crippen LogP contribution is 2.38. The number of fused-ring (bicyclic) bond motifs is 1. The Morgan fingerprint density at radius 2 is 1.79 bits per heavy atom. The molecule has 1 amide bonds. The highest BCUT2D eigenvalue weighted by Gasteiger charge is 2.18. The Morgan fingerprint density at radius 1 is 1.03 bits per heavy atom. The number of rotatable bonds is 4. The second-order valence-corrected chi connectivity index (χ2v) is 6.70. The quantitative estimate of drug-likeness (QED) is 0.627. The number of pyridine rings is 1. The number of carbonyl (C=O) groups is 1. The zero-order chi connectivity index (χ0) is 20.2. The van der Waals surface area contributed by atoms with E-state index in [9.17, 15) is 9.18 Å². The van der Waals surface area contributed by atoms with Crippen molar-refractivity contribution < 1.29 is 18.7 Å². The van der Waals surface area contributed by atoms with Gasteiger partial charge in [-0.15, -0.1) is 0 Å². The summed E-state index contributed by atoms with van der Waals surface area (Å²) in [5, 5.41) is 5.93. The van der Waals surface area contributed by atoms with Gasteiger partial charge in [-0.25, -0.2) is 9.37 Å². The molecule has 148 valence electrons. The molecule has 0 saturated heterocycles. The maximum atomic E-state index is 14.0. The predicted molar refractivity (Wildman–Crippen MR) is 109 cm³/mol. The topological polar surface area (TPSA) is 72.5 Å². The highest BCUT2D eigenvalue weighted by molar-refractivity contribution is 6.34. The molecule has 0 radical (unpaired) electrons. The van der Waals surface area contributed by atoms with Gasteiger partial charge in [0.05, 0.1) is 35.2 Å². The first-order valence-corrected chi connectivity index (χ1v) is 9.36. The summed E-state index contributed by atoms with van der Waals surface area (Å²) in [5.74, 6) is 0.372. The normalized spacial score (nSPS) is 12.8. The first-order chi connectivity index (χ1) is 14.1. The molecular weight excluding hydrogens is 397 g/mol. The molecule has 2 heterocycles. The lowest BCUT2D eigenvalue weighted by Gasteiger charge is -2.14. The molecule has 1 aromatic heterocycles. The van der Waals surface area contributed by atoms with Crippen molar-refractivity contribution in [1.82, 2.24) is 4.98 Å². The second-order valence-electron chi connectivity index (χ2n) is 6.29. The van der Waals surface area contributed by atoms with Gasteiger partial charge < -0.3 is 20.1 Å². The van der Waals surface area contributed by atoms with Gasteiger partial charge in [0.15, 0.2) is 11.5 Å². The van der Waals surface area contributed by atoms with E-state index in [4.69, 9.17) is 21.1 Å². The fraction of sp³-hybridized carbons (Fsp3) is 0.143. The van der Waals surface area contributed by atoms with Crippen molar-refractivity contribution in [3.63, 3.8) is 0 Å². The Morgan fingerprint density at radius 3 is 2.59 bits per heavy atom. The van der Waals surface area contributed by atoms with Crippen LogP contribution in [0.1, 0.15) is 16.8 Å². The minimum Gasteiger partial charge on any atom is -0.490 e. The molecule has 29 heavy (non-hydrogen) atoms. The smallest absolute Gasteiger partial charge is 0.259 e. The van der Waals surface area contributed by atoms with Gasteiger partial charge in [-0.05, 0) is 24.3 Å². The minimum absolute atomic E-state index is 0.217. The van der Waals surface area contributed by atoms with E-state index >= 15 is 0 Å². The Labute approximate surface area is 171 Å². The maximum absolute atomic E-state index is 14.0. The molecule has 6 nitrogen and oxygen atoms in total. The van der Waals surface area contributed by atoms with Crippen LogP contribution in [0.3, 0.4) is 0 Å². The molecule has 1 aliphatic heterocycles. The van der Waals surface area contributed by atoms with Crippen molar-refractivity contribution in [1.29, 1.82) is 0 Å². The molecule has 0 atom stereocenters. The third-order valence-electron chi connectivity index (χ3n) is 4.26. The van der Waals surface area contributed by atoms with Crippen molar-refractivity contribution in [3.8, 4) is 11.5 Å². The summed E-state index contributed by atoms with van der Waals surface area (Å²) < 4.78 is 25.2. The third kappa shape index (κ3) is 4.25. The summed E-state index contributed by atoms with van der Waals surface area (Å²) >= 11 is 6.31. The number of hydrogen-bond donors (Lipinski definition) is 2.